The quantitative estimate of drug-likeness (QED) is 0.801. The number of carbonyl (C=O) groups excluding carboxylic acids is 1. The predicted octanol–water partition coefficient (Wildman–Crippen LogP) is 0.575. The molecule has 1 amide bonds. The third-order valence-corrected chi connectivity index (χ3v) is 3.17. The third-order valence-electron chi connectivity index (χ3n) is 3.17. The first-order chi connectivity index (χ1) is 8.52. The van der Waals surface area contributed by atoms with Gasteiger partial charge in [-0.3, -0.25) is 9.48 Å². The van der Waals surface area contributed by atoms with E-state index in [0.717, 1.165) is 25.0 Å². The van der Waals surface area contributed by atoms with Gasteiger partial charge in [-0.2, -0.15) is 5.10 Å². The first kappa shape index (κ1) is 12.6. The van der Waals surface area contributed by atoms with Crippen molar-refractivity contribution >= 4 is 11.9 Å². The fourth-order valence-electron chi connectivity index (χ4n) is 1.94. The number of nitrogens with zero attached hydrogens (tertiary/aromatic N) is 2. The molecule has 2 N–H and O–H groups in total. The van der Waals surface area contributed by atoms with E-state index >= 15 is 0 Å². The van der Waals surface area contributed by atoms with Gasteiger partial charge in [0.05, 0.1) is 5.69 Å². The molecule has 6 heteroatoms. The van der Waals surface area contributed by atoms with Crippen molar-refractivity contribution in [3.05, 3.63) is 17.5 Å². The van der Waals surface area contributed by atoms with Crippen molar-refractivity contribution in [2.75, 3.05) is 0 Å². The van der Waals surface area contributed by atoms with Gasteiger partial charge in [0.25, 0.3) is 5.91 Å². The fourth-order valence-corrected chi connectivity index (χ4v) is 1.94. The molecule has 1 heterocycles. The van der Waals surface area contributed by atoms with Gasteiger partial charge in [0, 0.05) is 7.05 Å². The maximum absolute atomic E-state index is 12.0. The van der Waals surface area contributed by atoms with Crippen LogP contribution < -0.4 is 5.32 Å². The Kier molecular flexibility index (Phi) is 3.36. The van der Waals surface area contributed by atoms with E-state index in [4.69, 9.17) is 5.11 Å². The molecular weight excluding hydrogens is 234 g/mol. The number of rotatable bonds is 5. The van der Waals surface area contributed by atoms with Crippen LogP contribution >= 0.6 is 0 Å². The summed E-state index contributed by atoms with van der Waals surface area (Å²) in [5.41, 5.74) is 1.22. The van der Waals surface area contributed by atoms with Crippen LogP contribution in [-0.2, 0) is 18.3 Å². The summed E-state index contributed by atoms with van der Waals surface area (Å²) in [4.78, 5) is 23.1. The number of aryl methyl sites for hydroxylation is 2. The maximum Gasteiger partial charge on any atom is 0.326 e. The zero-order chi connectivity index (χ0) is 13.3. The second-order valence-electron chi connectivity index (χ2n) is 4.62. The van der Waals surface area contributed by atoms with E-state index in [2.05, 4.69) is 10.4 Å². The van der Waals surface area contributed by atoms with E-state index in [1.165, 1.54) is 4.68 Å². The Labute approximate surface area is 105 Å². The molecule has 0 bridgehead atoms. The first-order valence-corrected chi connectivity index (χ1v) is 6.09. The zero-order valence-corrected chi connectivity index (χ0v) is 10.5. The molecule has 1 atom stereocenters. The monoisotopic (exact) mass is 251 g/mol. The molecule has 2 rings (SSSR count). The van der Waals surface area contributed by atoms with E-state index in [0.29, 0.717) is 5.69 Å². The van der Waals surface area contributed by atoms with E-state index in [-0.39, 0.29) is 11.8 Å². The van der Waals surface area contributed by atoms with E-state index in [1.807, 2.05) is 6.92 Å². The normalized spacial score (nSPS) is 16.3. The molecule has 18 heavy (non-hydrogen) atoms. The molecule has 0 radical (unpaired) electrons. The lowest BCUT2D eigenvalue weighted by Crippen LogP contribution is -2.42. The van der Waals surface area contributed by atoms with Crippen LogP contribution in [0, 0.1) is 5.92 Å². The van der Waals surface area contributed by atoms with Crippen LogP contribution in [0.3, 0.4) is 0 Å². The number of nitrogens with one attached hydrogen (secondary N) is 1. The maximum atomic E-state index is 12.0. The van der Waals surface area contributed by atoms with Crippen molar-refractivity contribution in [2.45, 2.75) is 32.2 Å². The van der Waals surface area contributed by atoms with Crippen LogP contribution in [-0.4, -0.2) is 32.8 Å². The van der Waals surface area contributed by atoms with E-state index in [9.17, 15) is 9.59 Å². The van der Waals surface area contributed by atoms with Gasteiger partial charge in [0.2, 0.25) is 0 Å². The summed E-state index contributed by atoms with van der Waals surface area (Å²) in [7, 11) is 1.68. The lowest BCUT2D eigenvalue weighted by Gasteiger charge is -2.13. The second kappa shape index (κ2) is 4.80. The number of aliphatic carboxylic acids is 1. The van der Waals surface area contributed by atoms with Gasteiger partial charge >= 0.3 is 5.97 Å². The van der Waals surface area contributed by atoms with Crippen molar-refractivity contribution < 1.29 is 14.7 Å². The zero-order valence-electron chi connectivity index (χ0n) is 10.5. The minimum atomic E-state index is -0.969. The van der Waals surface area contributed by atoms with Crippen LogP contribution in [0.25, 0.3) is 0 Å². The standard InChI is InChI=1S/C12H17N3O3/c1-3-8-6-9(15(2)14-8)11(16)13-10(12(17)18)7-4-5-7/h6-7,10H,3-5H2,1-2H3,(H,13,16)(H,17,18). The Hall–Kier alpha value is -1.85. The van der Waals surface area contributed by atoms with Gasteiger partial charge in [-0.25, -0.2) is 4.79 Å². The minimum Gasteiger partial charge on any atom is -0.480 e. The SMILES string of the molecule is CCc1cc(C(=O)NC(C(=O)O)C2CC2)n(C)n1. The molecular formula is C12H17N3O3. The molecule has 0 aromatic carbocycles. The summed E-state index contributed by atoms with van der Waals surface area (Å²) in [6, 6.07) is 0.915. The van der Waals surface area contributed by atoms with E-state index < -0.39 is 12.0 Å². The molecule has 1 fully saturated rings. The van der Waals surface area contributed by atoms with Crippen molar-refractivity contribution in [3.8, 4) is 0 Å². The van der Waals surface area contributed by atoms with Gasteiger partial charge < -0.3 is 10.4 Å². The van der Waals surface area contributed by atoms with Crippen molar-refractivity contribution in [1.82, 2.24) is 15.1 Å². The molecule has 0 aliphatic heterocycles. The summed E-state index contributed by atoms with van der Waals surface area (Å²) in [5.74, 6) is -1.27. The van der Waals surface area contributed by atoms with Gasteiger partial charge in [-0.05, 0) is 31.2 Å². The highest BCUT2D eigenvalue weighted by Gasteiger charge is 2.37. The fraction of sp³-hybridized carbons (Fsp3) is 0.583. The second-order valence-corrected chi connectivity index (χ2v) is 4.62. The predicted molar refractivity (Wildman–Crippen MR) is 64.2 cm³/mol. The number of carboxylic acid groups (broad SMARTS) is 1. The summed E-state index contributed by atoms with van der Waals surface area (Å²) in [5, 5.41) is 15.8. The summed E-state index contributed by atoms with van der Waals surface area (Å²) >= 11 is 0. The number of hydrogen-bond acceptors (Lipinski definition) is 3. The van der Waals surface area contributed by atoms with Gasteiger partial charge in [-0.15, -0.1) is 0 Å². The van der Waals surface area contributed by atoms with Gasteiger partial charge in [-0.1, -0.05) is 6.92 Å². The molecule has 0 saturated heterocycles. The van der Waals surface area contributed by atoms with Crippen LogP contribution in [0.5, 0.6) is 0 Å². The molecule has 1 aromatic heterocycles. The lowest BCUT2D eigenvalue weighted by molar-refractivity contribution is -0.139. The highest BCUT2D eigenvalue weighted by molar-refractivity contribution is 5.95. The van der Waals surface area contributed by atoms with Crippen molar-refractivity contribution in [2.24, 2.45) is 13.0 Å². The lowest BCUT2D eigenvalue weighted by atomic mass is 10.2. The molecule has 1 aromatic rings. The highest BCUT2D eigenvalue weighted by atomic mass is 16.4. The third kappa shape index (κ3) is 2.52. The van der Waals surface area contributed by atoms with Crippen LogP contribution in [0.4, 0.5) is 0 Å². The molecule has 6 nitrogen and oxygen atoms in total. The Morgan fingerprint density at radius 3 is 2.72 bits per heavy atom. The minimum absolute atomic E-state index is 0.0744. The summed E-state index contributed by atoms with van der Waals surface area (Å²) in [6.45, 7) is 1.95. The smallest absolute Gasteiger partial charge is 0.326 e. The van der Waals surface area contributed by atoms with Gasteiger partial charge in [0.1, 0.15) is 11.7 Å². The number of hydrogen-bond donors (Lipinski definition) is 2. The average Bonchev–Trinajstić information content (AvgIpc) is 3.08. The Balaban J connectivity index is 2.10. The molecule has 1 aliphatic rings. The average molecular weight is 251 g/mol. The first-order valence-electron chi connectivity index (χ1n) is 6.09. The van der Waals surface area contributed by atoms with Crippen LogP contribution in [0.15, 0.2) is 6.07 Å². The Morgan fingerprint density at radius 1 is 1.61 bits per heavy atom. The van der Waals surface area contributed by atoms with E-state index in [1.54, 1.807) is 13.1 Å². The van der Waals surface area contributed by atoms with Crippen LogP contribution in [0.1, 0.15) is 35.9 Å². The summed E-state index contributed by atoms with van der Waals surface area (Å²) < 4.78 is 1.49. The summed E-state index contributed by atoms with van der Waals surface area (Å²) in [6.07, 6.45) is 2.47. The highest BCUT2D eigenvalue weighted by Crippen LogP contribution is 2.32. The molecule has 1 aliphatic carbocycles. The van der Waals surface area contributed by atoms with Crippen molar-refractivity contribution in [1.29, 1.82) is 0 Å². The number of carbonyl (C=O) groups is 2. The van der Waals surface area contributed by atoms with Crippen LogP contribution in [0.2, 0.25) is 0 Å². The largest absolute Gasteiger partial charge is 0.480 e. The van der Waals surface area contributed by atoms with Gasteiger partial charge in [0.15, 0.2) is 0 Å². The van der Waals surface area contributed by atoms with Crippen molar-refractivity contribution in [3.63, 3.8) is 0 Å². The Morgan fingerprint density at radius 2 is 2.28 bits per heavy atom. The number of amides is 1. The number of carboxylic acids is 1. The molecule has 98 valence electrons. The molecule has 1 saturated carbocycles. The molecule has 1 unspecified atom stereocenters. The Bertz CT molecular complexity index is 477. The topological polar surface area (TPSA) is 84.2 Å². The number of aromatic nitrogens is 2. The molecule has 0 spiro atoms.